The molecule has 0 saturated heterocycles. The van der Waals surface area contributed by atoms with Gasteiger partial charge in [-0.3, -0.25) is 0 Å². The highest BCUT2D eigenvalue weighted by atomic mass is 79.9. The summed E-state index contributed by atoms with van der Waals surface area (Å²) in [7, 11) is 3.30. The van der Waals surface area contributed by atoms with Gasteiger partial charge >= 0.3 is 0 Å². The lowest BCUT2D eigenvalue weighted by molar-refractivity contribution is 0.415. The number of aromatic nitrogens is 2. The van der Waals surface area contributed by atoms with Gasteiger partial charge in [0.15, 0.2) is 0 Å². The van der Waals surface area contributed by atoms with Crippen molar-refractivity contribution in [2.24, 2.45) is 0 Å². The number of imidazole rings is 1. The van der Waals surface area contributed by atoms with Crippen LogP contribution in [0.1, 0.15) is 0 Å². The number of nitrogens with zero attached hydrogens (tertiary/aromatic N) is 1. The second kappa shape index (κ2) is 5.17. The fourth-order valence-electron chi connectivity index (χ4n) is 2.06. The highest BCUT2D eigenvalue weighted by Crippen LogP contribution is 2.31. The molecule has 0 fully saturated rings. The zero-order valence-electron chi connectivity index (χ0n) is 11.1. The second-order valence-electron chi connectivity index (χ2n) is 4.31. The van der Waals surface area contributed by atoms with E-state index < -0.39 is 0 Å². The topological polar surface area (TPSA) is 47.1 Å². The number of benzene rings is 2. The number of hydrogen-bond donors (Lipinski definition) is 1. The summed E-state index contributed by atoms with van der Waals surface area (Å²) in [6.45, 7) is 0. The molecule has 1 aromatic heterocycles. The van der Waals surface area contributed by atoms with Gasteiger partial charge < -0.3 is 14.5 Å². The van der Waals surface area contributed by atoms with Crippen LogP contribution < -0.4 is 9.47 Å². The first-order chi connectivity index (χ1) is 9.71. The van der Waals surface area contributed by atoms with Crippen LogP contribution in [0.25, 0.3) is 22.4 Å². The smallest absolute Gasteiger partial charge is 0.139 e. The lowest BCUT2D eigenvalue weighted by atomic mass is 10.2. The monoisotopic (exact) mass is 332 g/mol. The van der Waals surface area contributed by atoms with Gasteiger partial charge in [-0.25, -0.2) is 4.98 Å². The third kappa shape index (κ3) is 2.25. The fourth-order valence-corrected chi connectivity index (χ4v) is 2.49. The molecule has 1 N–H and O–H groups in total. The maximum Gasteiger partial charge on any atom is 0.139 e. The maximum absolute atomic E-state index is 5.26. The Labute approximate surface area is 124 Å². The van der Waals surface area contributed by atoms with Gasteiger partial charge in [0.2, 0.25) is 0 Å². The van der Waals surface area contributed by atoms with Crippen molar-refractivity contribution in [1.82, 2.24) is 9.97 Å². The fraction of sp³-hybridized carbons (Fsp3) is 0.133. The van der Waals surface area contributed by atoms with E-state index >= 15 is 0 Å². The van der Waals surface area contributed by atoms with Crippen molar-refractivity contribution in [2.45, 2.75) is 0 Å². The second-order valence-corrected chi connectivity index (χ2v) is 5.17. The number of aromatic amines is 1. The SMILES string of the molecule is COc1ccc(Br)c(-c2nc3ccc(OC)cc3[nH]2)c1. The number of ether oxygens (including phenoxy) is 2. The highest BCUT2D eigenvalue weighted by Gasteiger charge is 2.10. The number of rotatable bonds is 3. The molecule has 0 spiro atoms. The lowest BCUT2D eigenvalue weighted by Gasteiger charge is -2.04. The Morgan fingerprint density at radius 1 is 1.00 bits per heavy atom. The Morgan fingerprint density at radius 2 is 1.70 bits per heavy atom. The number of H-pyrrole nitrogens is 1. The number of hydrogen-bond acceptors (Lipinski definition) is 3. The molecule has 1 heterocycles. The van der Waals surface area contributed by atoms with Gasteiger partial charge in [-0.05, 0) is 30.3 Å². The van der Waals surface area contributed by atoms with Crippen molar-refractivity contribution in [2.75, 3.05) is 14.2 Å². The van der Waals surface area contributed by atoms with E-state index in [0.29, 0.717) is 0 Å². The Bertz CT molecular complexity index is 768. The molecule has 2 aromatic carbocycles. The molecule has 0 amide bonds. The van der Waals surface area contributed by atoms with Crippen molar-refractivity contribution in [3.05, 3.63) is 40.9 Å². The van der Waals surface area contributed by atoms with Gasteiger partial charge in [-0.15, -0.1) is 0 Å². The summed E-state index contributed by atoms with van der Waals surface area (Å²) in [5.41, 5.74) is 2.80. The minimum atomic E-state index is 0.791. The predicted molar refractivity (Wildman–Crippen MR) is 82.3 cm³/mol. The standard InChI is InChI=1S/C15H13BrN2O2/c1-19-9-3-5-12(16)11(7-9)15-17-13-6-4-10(20-2)8-14(13)18-15/h3-8H,1-2H3,(H,17,18). The van der Waals surface area contributed by atoms with Crippen LogP contribution in [0, 0.1) is 0 Å². The van der Waals surface area contributed by atoms with Crippen molar-refractivity contribution < 1.29 is 9.47 Å². The zero-order chi connectivity index (χ0) is 14.1. The van der Waals surface area contributed by atoms with Crippen LogP contribution >= 0.6 is 15.9 Å². The Morgan fingerprint density at radius 3 is 2.45 bits per heavy atom. The van der Waals surface area contributed by atoms with Crippen LogP contribution in [0.5, 0.6) is 11.5 Å². The molecule has 0 aliphatic heterocycles. The Kier molecular flexibility index (Phi) is 3.36. The van der Waals surface area contributed by atoms with Crippen LogP contribution in [0.2, 0.25) is 0 Å². The van der Waals surface area contributed by atoms with Crippen molar-refractivity contribution in [1.29, 1.82) is 0 Å². The summed E-state index contributed by atoms with van der Waals surface area (Å²) in [6.07, 6.45) is 0. The predicted octanol–water partition coefficient (Wildman–Crippen LogP) is 4.01. The average Bonchev–Trinajstić information content (AvgIpc) is 2.90. The molecule has 0 unspecified atom stereocenters. The maximum atomic E-state index is 5.26. The minimum Gasteiger partial charge on any atom is -0.497 e. The zero-order valence-corrected chi connectivity index (χ0v) is 12.7. The third-order valence-electron chi connectivity index (χ3n) is 3.12. The molecular formula is C15H13BrN2O2. The summed E-state index contributed by atoms with van der Waals surface area (Å²) >= 11 is 3.54. The minimum absolute atomic E-state index is 0.791. The Hall–Kier alpha value is -2.01. The van der Waals surface area contributed by atoms with Crippen LogP contribution in [-0.2, 0) is 0 Å². The molecule has 0 aliphatic carbocycles. The van der Waals surface area contributed by atoms with Crippen molar-refractivity contribution in [3.8, 4) is 22.9 Å². The largest absolute Gasteiger partial charge is 0.497 e. The van der Waals surface area contributed by atoms with Gasteiger partial charge in [0.1, 0.15) is 17.3 Å². The molecule has 3 aromatic rings. The van der Waals surface area contributed by atoms with Gasteiger partial charge in [0.05, 0.1) is 25.3 Å². The number of halogens is 1. The molecule has 5 heteroatoms. The van der Waals surface area contributed by atoms with Crippen LogP contribution in [0.3, 0.4) is 0 Å². The number of nitrogens with one attached hydrogen (secondary N) is 1. The summed E-state index contributed by atoms with van der Waals surface area (Å²) in [4.78, 5) is 7.90. The van der Waals surface area contributed by atoms with E-state index in [9.17, 15) is 0 Å². The first kappa shape index (κ1) is 13.0. The van der Waals surface area contributed by atoms with E-state index in [2.05, 4.69) is 25.9 Å². The van der Waals surface area contributed by atoms with Gasteiger partial charge in [-0.1, -0.05) is 15.9 Å². The summed E-state index contributed by atoms with van der Waals surface area (Å²) in [5.74, 6) is 2.39. The molecule has 0 aliphatic rings. The number of fused-ring (bicyclic) bond motifs is 1. The quantitative estimate of drug-likeness (QED) is 0.788. The van der Waals surface area contributed by atoms with E-state index in [4.69, 9.17) is 9.47 Å². The molecule has 20 heavy (non-hydrogen) atoms. The van der Waals surface area contributed by atoms with Gasteiger partial charge in [0.25, 0.3) is 0 Å². The van der Waals surface area contributed by atoms with Gasteiger partial charge in [0, 0.05) is 16.1 Å². The molecule has 4 nitrogen and oxygen atoms in total. The molecule has 0 radical (unpaired) electrons. The average molecular weight is 333 g/mol. The third-order valence-corrected chi connectivity index (χ3v) is 3.81. The van der Waals surface area contributed by atoms with E-state index in [0.717, 1.165) is 38.4 Å². The Balaban J connectivity index is 2.14. The normalized spacial score (nSPS) is 10.8. The first-order valence-corrected chi connectivity index (χ1v) is 6.88. The van der Waals surface area contributed by atoms with E-state index in [-0.39, 0.29) is 0 Å². The molecule has 0 saturated carbocycles. The summed E-state index contributed by atoms with van der Waals surface area (Å²) in [6, 6.07) is 11.6. The van der Waals surface area contributed by atoms with Crippen LogP contribution in [0.15, 0.2) is 40.9 Å². The van der Waals surface area contributed by atoms with Crippen molar-refractivity contribution >= 4 is 27.0 Å². The first-order valence-electron chi connectivity index (χ1n) is 6.09. The van der Waals surface area contributed by atoms with Crippen LogP contribution in [0.4, 0.5) is 0 Å². The molecule has 3 rings (SSSR count). The molecule has 0 bridgehead atoms. The van der Waals surface area contributed by atoms with Crippen molar-refractivity contribution in [3.63, 3.8) is 0 Å². The van der Waals surface area contributed by atoms with Gasteiger partial charge in [-0.2, -0.15) is 0 Å². The summed E-state index contributed by atoms with van der Waals surface area (Å²) < 4.78 is 11.4. The summed E-state index contributed by atoms with van der Waals surface area (Å²) in [5, 5.41) is 0. The molecular weight excluding hydrogens is 320 g/mol. The highest BCUT2D eigenvalue weighted by molar-refractivity contribution is 9.10. The van der Waals surface area contributed by atoms with E-state index in [1.165, 1.54) is 0 Å². The van der Waals surface area contributed by atoms with E-state index in [1.54, 1.807) is 14.2 Å². The van der Waals surface area contributed by atoms with Crippen LogP contribution in [-0.4, -0.2) is 24.2 Å². The molecule has 102 valence electrons. The lowest BCUT2D eigenvalue weighted by Crippen LogP contribution is -1.86. The number of methoxy groups -OCH3 is 2. The molecule has 0 atom stereocenters. The van der Waals surface area contributed by atoms with E-state index in [1.807, 2.05) is 36.4 Å².